The molecule has 2 aromatic rings. The normalized spacial score (nSPS) is 32.7. The molecule has 0 spiro atoms. The second-order valence-electron chi connectivity index (χ2n) is 9.88. The Labute approximate surface area is 191 Å². The molecule has 1 fully saturated rings. The van der Waals surface area contributed by atoms with Gasteiger partial charge < -0.3 is 20.4 Å². The van der Waals surface area contributed by atoms with Crippen LogP contribution >= 0.6 is 0 Å². The molecule has 0 unspecified atom stereocenters. The lowest BCUT2D eigenvalue weighted by Crippen LogP contribution is -2.66. The predicted octanol–water partition coefficient (Wildman–Crippen LogP) is 3.49. The first-order chi connectivity index (χ1) is 15.5. The number of rotatable bonds is 3. The van der Waals surface area contributed by atoms with Crippen molar-refractivity contribution in [1.82, 2.24) is 0 Å². The molecule has 6 nitrogen and oxygen atoms in total. The first-order valence-corrected chi connectivity index (χ1v) is 11.1. The predicted molar refractivity (Wildman–Crippen MR) is 122 cm³/mol. The van der Waals surface area contributed by atoms with E-state index in [1.165, 1.54) is 31.2 Å². The number of hydrogen-bond acceptors (Lipinski definition) is 6. The maximum atomic E-state index is 13.9. The first-order valence-electron chi connectivity index (χ1n) is 11.1. The van der Waals surface area contributed by atoms with E-state index in [1.807, 2.05) is 19.9 Å². The van der Waals surface area contributed by atoms with Gasteiger partial charge in [-0.2, -0.15) is 0 Å². The van der Waals surface area contributed by atoms with Crippen LogP contribution in [0, 0.1) is 23.7 Å². The lowest BCUT2D eigenvalue weighted by molar-refractivity contribution is -0.161. The number of aliphatic hydroxyl groups is 1. The molecule has 0 heterocycles. The van der Waals surface area contributed by atoms with Gasteiger partial charge in [0.2, 0.25) is 0 Å². The van der Waals surface area contributed by atoms with E-state index in [4.69, 9.17) is 0 Å². The van der Waals surface area contributed by atoms with Gasteiger partial charge in [-0.1, -0.05) is 49.8 Å². The quantitative estimate of drug-likeness (QED) is 0.424. The summed E-state index contributed by atoms with van der Waals surface area (Å²) in [6.45, 7) is 5.43. The monoisotopic (exact) mass is 446 g/mol. The third-order valence-electron chi connectivity index (χ3n) is 7.72. The number of phenolic OH excluding ortho intramolecular Hbond substituents is 3. The van der Waals surface area contributed by atoms with Crippen molar-refractivity contribution in [3.05, 3.63) is 71.3 Å². The molecule has 4 aliphatic rings. The molecule has 0 aromatic heterocycles. The van der Waals surface area contributed by atoms with E-state index in [-0.39, 0.29) is 34.7 Å². The Morgan fingerprint density at radius 1 is 0.939 bits per heavy atom. The average Bonchev–Trinajstić information content (AvgIpc) is 3.08. The zero-order chi connectivity index (χ0) is 23.9. The highest BCUT2D eigenvalue weighted by Crippen LogP contribution is 2.64. The van der Waals surface area contributed by atoms with E-state index >= 15 is 0 Å². The van der Waals surface area contributed by atoms with Crippen molar-refractivity contribution in [3.63, 3.8) is 0 Å². The highest BCUT2D eigenvalue weighted by Gasteiger charge is 2.70. The molecule has 33 heavy (non-hydrogen) atoms. The van der Waals surface area contributed by atoms with Gasteiger partial charge in [-0.25, -0.2) is 0 Å². The zero-order valence-electron chi connectivity index (χ0n) is 18.6. The van der Waals surface area contributed by atoms with Crippen LogP contribution in [-0.2, 0) is 15.0 Å². The number of aromatic hydroxyl groups is 3. The molecule has 4 aliphatic carbocycles. The molecular formula is C27H26O6. The first kappa shape index (κ1) is 21.5. The molecule has 2 bridgehead atoms. The van der Waals surface area contributed by atoms with E-state index in [9.17, 15) is 30.0 Å². The summed E-state index contributed by atoms with van der Waals surface area (Å²) in [6, 6.07) is 10.7. The maximum Gasteiger partial charge on any atom is 0.173 e. The second-order valence-corrected chi connectivity index (χ2v) is 9.88. The second kappa shape index (κ2) is 6.81. The van der Waals surface area contributed by atoms with Crippen LogP contribution in [0.5, 0.6) is 17.2 Å². The van der Waals surface area contributed by atoms with Crippen LogP contribution in [0.15, 0.2) is 60.2 Å². The van der Waals surface area contributed by atoms with E-state index < -0.39 is 28.8 Å². The van der Waals surface area contributed by atoms with Crippen molar-refractivity contribution in [2.75, 3.05) is 0 Å². The Hall–Kier alpha value is -3.38. The van der Waals surface area contributed by atoms with Crippen LogP contribution in [0.1, 0.15) is 31.9 Å². The Balaban J connectivity index is 1.84. The fourth-order valence-corrected chi connectivity index (χ4v) is 6.11. The minimum atomic E-state index is -1.70. The number of benzene rings is 2. The minimum Gasteiger partial charge on any atom is -0.508 e. The van der Waals surface area contributed by atoms with Gasteiger partial charge in [0.25, 0.3) is 0 Å². The standard InChI is InChI=1S/C27H26O6/c1-13(2)17-11-19-23-24(31)18(14-4-7-16(28)8-5-14)12-27(23,22(17)25(32)26(19,3)33)15-6-9-20(29)21(30)10-15/h4-13,19,22-23,28-30,33H,1-3H3/t19-,22-,23-,26+,27+/m0/s1. The van der Waals surface area contributed by atoms with E-state index in [0.29, 0.717) is 16.7 Å². The molecule has 2 aromatic carbocycles. The maximum absolute atomic E-state index is 13.9. The molecule has 6 heteroatoms. The molecular weight excluding hydrogens is 420 g/mol. The van der Waals surface area contributed by atoms with E-state index in [0.717, 1.165) is 5.57 Å². The third-order valence-corrected chi connectivity index (χ3v) is 7.72. The molecule has 1 saturated carbocycles. The lowest BCUT2D eigenvalue weighted by Gasteiger charge is -2.57. The van der Waals surface area contributed by atoms with E-state index in [2.05, 4.69) is 0 Å². The SMILES string of the molecule is CC(C)C1=C[C@H]2[C@H]3C(=O)C(c4ccc(O)cc4)=C[C@@]3(c3ccc(O)c(O)c3)[C@@H]1C(=O)[C@]2(C)O. The van der Waals surface area contributed by atoms with Gasteiger partial charge in [-0.3, -0.25) is 9.59 Å². The summed E-state index contributed by atoms with van der Waals surface area (Å²) in [5.74, 6) is -3.41. The van der Waals surface area contributed by atoms with Gasteiger partial charge >= 0.3 is 0 Å². The number of carbonyl (C=O) groups excluding carboxylic acids is 2. The van der Waals surface area contributed by atoms with Gasteiger partial charge in [0.15, 0.2) is 23.1 Å². The van der Waals surface area contributed by atoms with Crippen molar-refractivity contribution >= 4 is 17.1 Å². The molecule has 0 saturated heterocycles. The van der Waals surface area contributed by atoms with Gasteiger partial charge in [0.1, 0.15) is 11.4 Å². The number of phenols is 3. The number of carbonyl (C=O) groups is 2. The minimum absolute atomic E-state index is 0.00214. The molecule has 0 aliphatic heterocycles. The van der Waals surface area contributed by atoms with Crippen LogP contribution in [0.25, 0.3) is 5.57 Å². The number of hydrogen-bond donors (Lipinski definition) is 4. The fraction of sp³-hybridized carbons (Fsp3) is 0.333. The number of allylic oxidation sites excluding steroid dienone is 3. The molecule has 5 atom stereocenters. The van der Waals surface area contributed by atoms with Crippen molar-refractivity contribution in [3.8, 4) is 17.2 Å². The van der Waals surface area contributed by atoms with E-state index in [1.54, 1.807) is 24.3 Å². The molecule has 0 amide bonds. The molecule has 6 rings (SSSR count). The Bertz CT molecular complexity index is 1250. The largest absolute Gasteiger partial charge is 0.508 e. The smallest absolute Gasteiger partial charge is 0.173 e. The van der Waals surface area contributed by atoms with Crippen LogP contribution < -0.4 is 0 Å². The highest BCUT2D eigenvalue weighted by molar-refractivity contribution is 6.26. The van der Waals surface area contributed by atoms with Gasteiger partial charge in [0.05, 0.1) is 5.92 Å². The van der Waals surface area contributed by atoms with Crippen molar-refractivity contribution < 1.29 is 30.0 Å². The third kappa shape index (κ3) is 2.70. The van der Waals surface area contributed by atoms with Crippen molar-refractivity contribution in [2.24, 2.45) is 23.7 Å². The number of fused-ring (bicyclic) bond motifs is 1. The Kier molecular flexibility index (Phi) is 4.43. The fourth-order valence-electron chi connectivity index (χ4n) is 6.11. The molecule has 4 N–H and O–H groups in total. The Morgan fingerprint density at radius 2 is 1.61 bits per heavy atom. The summed E-state index contributed by atoms with van der Waals surface area (Å²) in [6.07, 6.45) is 3.70. The number of Topliss-reactive ketones (excluding diaryl/α,β-unsaturated/α-hetero) is 2. The zero-order valence-corrected chi connectivity index (χ0v) is 18.6. The summed E-state index contributed by atoms with van der Waals surface area (Å²) in [7, 11) is 0. The highest BCUT2D eigenvalue weighted by atomic mass is 16.3. The van der Waals surface area contributed by atoms with Gasteiger partial charge in [-0.05, 0) is 48.2 Å². The van der Waals surface area contributed by atoms with Crippen LogP contribution in [0.4, 0.5) is 0 Å². The molecule has 170 valence electrons. The number of ketones is 2. The van der Waals surface area contributed by atoms with Crippen molar-refractivity contribution in [1.29, 1.82) is 0 Å². The van der Waals surface area contributed by atoms with Crippen molar-refractivity contribution in [2.45, 2.75) is 31.8 Å². The summed E-state index contributed by atoms with van der Waals surface area (Å²) in [5, 5.41) is 41.2. The average molecular weight is 446 g/mol. The van der Waals surface area contributed by atoms with Crippen LogP contribution in [0.3, 0.4) is 0 Å². The summed E-state index contributed by atoms with van der Waals surface area (Å²) in [4.78, 5) is 27.6. The Morgan fingerprint density at radius 3 is 2.21 bits per heavy atom. The van der Waals surface area contributed by atoms with Crippen LogP contribution in [0.2, 0.25) is 0 Å². The summed E-state index contributed by atoms with van der Waals surface area (Å²) >= 11 is 0. The van der Waals surface area contributed by atoms with Crippen LogP contribution in [-0.4, -0.2) is 37.6 Å². The summed E-state index contributed by atoms with van der Waals surface area (Å²) < 4.78 is 0. The van der Waals surface area contributed by atoms with Gasteiger partial charge in [-0.15, -0.1) is 0 Å². The topological polar surface area (TPSA) is 115 Å². The lowest BCUT2D eigenvalue weighted by atomic mass is 9.44. The van der Waals surface area contributed by atoms with Gasteiger partial charge in [0, 0.05) is 22.8 Å². The summed E-state index contributed by atoms with van der Waals surface area (Å²) in [5.41, 5.74) is -0.414. The molecule has 0 radical (unpaired) electrons.